The quantitative estimate of drug-likeness (QED) is 0.644. The van der Waals surface area contributed by atoms with Gasteiger partial charge in [0.2, 0.25) is 0 Å². The minimum atomic E-state index is -0.271. The van der Waals surface area contributed by atoms with Crippen molar-refractivity contribution in [3.8, 4) is 0 Å². The summed E-state index contributed by atoms with van der Waals surface area (Å²) in [6, 6.07) is 0. The van der Waals surface area contributed by atoms with E-state index >= 15 is 0 Å². The first kappa shape index (κ1) is 9.73. The van der Waals surface area contributed by atoms with E-state index in [1.54, 1.807) is 12.4 Å². The van der Waals surface area contributed by atoms with Gasteiger partial charge in [0.25, 0.3) is 0 Å². The van der Waals surface area contributed by atoms with Crippen LogP contribution in [0.4, 0.5) is 0 Å². The molecule has 0 radical (unpaired) electrons. The number of aromatic amines is 1. The maximum absolute atomic E-state index is 11.0. The molecule has 1 atom stereocenters. The highest BCUT2D eigenvalue weighted by molar-refractivity contribution is 5.70. The van der Waals surface area contributed by atoms with Crippen LogP contribution in [0.25, 0.3) is 0 Å². The molecule has 1 unspecified atom stereocenters. The molecular weight excluding hydrogens is 170 g/mol. The van der Waals surface area contributed by atoms with Gasteiger partial charge in [-0.15, -0.1) is 0 Å². The predicted octanol–water partition coefficient (Wildman–Crippen LogP) is 0.0151. The summed E-state index contributed by atoms with van der Waals surface area (Å²) in [6.45, 7) is 0.378. The molecule has 0 aromatic carbocycles. The number of imidazole rings is 1. The summed E-state index contributed by atoms with van der Waals surface area (Å²) in [7, 11) is 1.36. The lowest BCUT2D eigenvalue weighted by molar-refractivity contribution is -0.141. The van der Waals surface area contributed by atoms with E-state index in [1.807, 2.05) is 0 Å². The number of methoxy groups -OCH3 is 1. The minimum Gasteiger partial charge on any atom is -0.469 e. The molecule has 5 nitrogen and oxygen atoms in total. The van der Waals surface area contributed by atoms with Crippen molar-refractivity contribution in [2.45, 2.75) is 12.3 Å². The van der Waals surface area contributed by atoms with Crippen molar-refractivity contribution in [1.82, 2.24) is 9.97 Å². The van der Waals surface area contributed by atoms with Crippen LogP contribution >= 0.6 is 0 Å². The van der Waals surface area contributed by atoms with E-state index in [1.165, 1.54) is 7.11 Å². The maximum Gasteiger partial charge on any atom is 0.306 e. The largest absolute Gasteiger partial charge is 0.469 e. The van der Waals surface area contributed by atoms with Crippen LogP contribution in [0.2, 0.25) is 0 Å². The fraction of sp³-hybridized carbons (Fsp3) is 0.500. The Morgan fingerprint density at radius 2 is 2.62 bits per heavy atom. The molecule has 0 bridgehead atoms. The van der Waals surface area contributed by atoms with E-state index in [0.717, 1.165) is 5.82 Å². The number of hydrogen-bond donors (Lipinski definition) is 2. The minimum absolute atomic E-state index is 0.0811. The van der Waals surface area contributed by atoms with Crippen LogP contribution in [-0.2, 0) is 9.53 Å². The second kappa shape index (κ2) is 4.61. The summed E-state index contributed by atoms with van der Waals surface area (Å²) in [4.78, 5) is 17.9. The van der Waals surface area contributed by atoms with Crippen molar-refractivity contribution in [2.24, 2.45) is 5.73 Å². The van der Waals surface area contributed by atoms with Crippen LogP contribution in [0, 0.1) is 0 Å². The Kier molecular flexibility index (Phi) is 3.45. The van der Waals surface area contributed by atoms with Crippen molar-refractivity contribution < 1.29 is 9.53 Å². The Balaban J connectivity index is 2.58. The second-order valence-electron chi connectivity index (χ2n) is 2.69. The van der Waals surface area contributed by atoms with Crippen molar-refractivity contribution >= 4 is 5.97 Å². The van der Waals surface area contributed by atoms with Crippen LogP contribution in [-0.4, -0.2) is 29.6 Å². The standard InChI is InChI=1S/C8H13N3O2/c1-13-7(12)4-6(5-9)8-10-2-3-11-8/h2-3,6H,4-5,9H2,1H3,(H,10,11). The maximum atomic E-state index is 11.0. The van der Waals surface area contributed by atoms with E-state index in [9.17, 15) is 4.79 Å². The zero-order chi connectivity index (χ0) is 9.68. The van der Waals surface area contributed by atoms with Gasteiger partial charge in [0, 0.05) is 24.9 Å². The number of nitrogens with two attached hydrogens (primary N) is 1. The van der Waals surface area contributed by atoms with E-state index in [-0.39, 0.29) is 18.3 Å². The molecule has 0 amide bonds. The Morgan fingerprint density at radius 1 is 1.85 bits per heavy atom. The lowest BCUT2D eigenvalue weighted by Gasteiger charge is -2.09. The third-order valence-corrected chi connectivity index (χ3v) is 1.83. The summed E-state index contributed by atoms with van der Waals surface area (Å²) in [5, 5.41) is 0. The van der Waals surface area contributed by atoms with Crippen LogP contribution in [0.3, 0.4) is 0 Å². The van der Waals surface area contributed by atoms with E-state index in [0.29, 0.717) is 6.54 Å². The van der Waals surface area contributed by atoms with Crippen LogP contribution < -0.4 is 5.73 Å². The van der Waals surface area contributed by atoms with Crippen LogP contribution in [0.15, 0.2) is 12.4 Å². The van der Waals surface area contributed by atoms with Crippen molar-refractivity contribution in [2.75, 3.05) is 13.7 Å². The lowest BCUT2D eigenvalue weighted by Crippen LogP contribution is -2.18. The van der Waals surface area contributed by atoms with Gasteiger partial charge in [0.05, 0.1) is 13.5 Å². The number of carbonyl (C=O) groups is 1. The highest BCUT2D eigenvalue weighted by Crippen LogP contribution is 2.13. The van der Waals surface area contributed by atoms with Gasteiger partial charge in [-0.1, -0.05) is 0 Å². The molecule has 1 aromatic rings. The van der Waals surface area contributed by atoms with Gasteiger partial charge in [0.15, 0.2) is 0 Å². The average Bonchev–Trinajstić information content (AvgIpc) is 2.66. The zero-order valence-corrected chi connectivity index (χ0v) is 7.49. The Labute approximate surface area is 76.3 Å². The molecule has 0 fully saturated rings. The van der Waals surface area contributed by atoms with Gasteiger partial charge >= 0.3 is 5.97 Å². The van der Waals surface area contributed by atoms with Crippen LogP contribution in [0.1, 0.15) is 18.2 Å². The molecule has 0 aliphatic rings. The van der Waals surface area contributed by atoms with Gasteiger partial charge in [-0.05, 0) is 0 Å². The summed E-state index contributed by atoms with van der Waals surface area (Å²) in [6.07, 6.45) is 3.60. The fourth-order valence-electron chi connectivity index (χ4n) is 1.08. The molecule has 0 saturated carbocycles. The zero-order valence-electron chi connectivity index (χ0n) is 7.49. The van der Waals surface area contributed by atoms with Crippen molar-refractivity contribution in [3.05, 3.63) is 18.2 Å². The Bertz CT molecular complexity index is 258. The molecule has 1 heterocycles. The molecule has 0 spiro atoms. The van der Waals surface area contributed by atoms with Gasteiger partial charge in [0.1, 0.15) is 5.82 Å². The number of hydrogen-bond acceptors (Lipinski definition) is 4. The number of nitrogens with zero attached hydrogens (tertiary/aromatic N) is 1. The number of rotatable bonds is 4. The molecule has 13 heavy (non-hydrogen) atoms. The van der Waals surface area contributed by atoms with Gasteiger partial charge in [-0.2, -0.15) is 0 Å². The summed E-state index contributed by atoms with van der Waals surface area (Å²) >= 11 is 0. The van der Waals surface area contributed by atoms with E-state index in [4.69, 9.17) is 5.73 Å². The van der Waals surface area contributed by atoms with E-state index < -0.39 is 0 Å². The highest BCUT2D eigenvalue weighted by Gasteiger charge is 2.16. The predicted molar refractivity (Wildman–Crippen MR) is 47.0 cm³/mol. The average molecular weight is 183 g/mol. The highest BCUT2D eigenvalue weighted by atomic mass is 16.5. The molecule has 1 aromatic heterocycles. The van der Waals surface area contributed by atoms with Gasteiger partial charge < -0.3 is 15.5 Å². The molecular formula is C8H13N3O2. The topological polar surface area (TPSA) is 81.0 Å². The van der Waals surface area contributed by atoms with E-state index in [2.05, 4.69) is 14.7 Å². The Hall–Kier alpha value is -1.36. The molecule has 5 heteroatoms. The number of H-pyrrole nitrogens is 1. The Morgan fingerprint density at radius 3 is 3.08 bits per heavy atom. The molecule has 3 N–H and O–H groups in total. The molecule has 1 rings (SSSR count). The van der Waals surface area contributed by atoms with Crippen molar-refractivity contribution in [3.63, 3.8) is 0 Å². The number of esters is 1. The van der Waals surface area contributed by atoms with Gasteiger partial charge in [-0.25, -0.2) is 4.98 Å². The summed E-state index contributed by atoms with van der Waals surface area (Å²) in [5.74, 6) is 0.377. The SMILES string of the molecule is COC(=O)CC(CN)c1ncc[nH]1. The third kappa shape index (κ3) is 2.55. The monoisotopic (exact) mass is 183 g/mol. The molecule has 0 saturated heterocycles. The lowest BCUT2D eigenvalue weighted by atomic mass is 10.1. The first-order valence-electron chi connectivity index (χ1n) is 4.04. The first-order chi connectivity index (χ1) is 6.27. The first-order valence-corrected chi connectivity index (χ1v) is 4.04. The number of aromatic nitrogens is 2. The van der Waals surface area contributed by atoms with Crippen LogP contribution in [0.5, 0.6) is 0 Å². The van der Waals surface area contributed by atoms with Gasteiger partial charge in [-0.3, -0.25) is 4.79 Å². The smallest absolute Gasteiger partial charge is 0.306 e. The normalized spacial score (nSPS) is 12.5. The molecule has 0 aliphatic carbocycles. The molecule has 0 aliphatic heterocycles. The second-order valence-corrected chi connectivity index (χ2v) is 2.69. The fourth-order valence-corrected chi connectivity index (χ4v) is 1.08. The number of ether oxygens (including phenoxy) is 1. The summed E-state index contributed by atoms with van der Waals surface area (Å²) < 4.78 is 4.54. The number of nitrogens with one attached hydrogen (secondary N) is 1. The molecule has 72 valence electrons. The summed E-state index contributed by atoms with van der Waals surface area (Å²) in [5.41, 5.74) is 5.50. The number of carbonyl (C=O) groups excluding carboxylic acids is 1. The van der Waals surface area contributed by atoms with Crippen molar-refractivity contribution in [1.29, 1.82) is 0 Å². The third-order valence-electron chi connectivity index (χ3n) is 1.83.